The van der Waals surface area contributed by atoms with Gasteiger partial charge in [0, 0.05) is 44.8 Å². The Morgan fingerprint density at radius 1 is 0.422 bits per heavy atom. The van der Waals surface area contributed by atoms with Crippen molar-refractivity contribution in [3.05, 3.63) is 146 Å². The Labute approximate surface area is 259 Å². The molecule has 5 nitrogen and oxygen atoms in total. The lowest BCUT2D eigenvalue weighted by molar-refractivity contribution is 0.487. The van der Waals surface area contributed by atoms with E-state index in [0.29, 0.717) is 17.5 Å². The molecule has 0 N–H and O–H groups in total. The Balaban J connectivity index is 1.18. The summed E-state index contributed by atoms with van der Waals surface area (Å²) in [6.45, 7) is 0. The van der Waals surface area contributed by atoms with Gasteiger partial charge in [0.15, 0.2) is 17.5 Å². The van der Waals surface area contributed by atoms with Crippen LogP contribution in [0.2, 0.25) is 0 Å². The summed E-state index contributed by atoms with van der Waals surface area (Å²) in [5.74, 6) is 3.65. The minimum Gasteiger partial charge on any atom is -0.456 e. The predicted octanol–water partition coefficient (Wildman–Crippen LogP) is 10.0. The van der Waals surface area contributed by atoms with Gasteiger partial charge in [0.25, 0.3) is 0 Å². The van der Waals surface area contributed by atoms with Gasteiger partial charge in [-0.1, -0.05) is 97.1 Å². The van der Waals surface area contributed by atoms with Crippen LogP contribution in [0.15, 0.2) is 146 Å². The van der Waals surface area contributed by atoms with Gasteiger partial charge in [-0.3, -0.25) is 4.98 Å². The molecule has 45 heavy (non-hydrogen) atoms. The SMILES string of the molecule is c1ccc(-c2nc(-c3ccccc3)nc(-c3ccc4ncc(-c5ccc6c7c(cccc57)-c5ccccc5O6)cc4c3)n2)cc1. The molecule has 2 aromatic heterocycles. The first-order valence-electron chi connectivity index (χ1n) is 14.9. The number of pyridine rings is 1. The molecule has 8 aromatic rings. The van der Waals surface area contributed by atoms with Crippen molar-refractivity contribution < 1.29 is 4.74 Å². The van der Waals surface area contributed by atoms with Gasteiger partial charge in [0.05, 0.1) is 5.52 Å². The van der Waals surface area contributed by atoms with Crippen molar-refractivity contribution in [1.29, 1.82) is 0 Å². The summed E-state index contributed by atoms with van der Waals surface area (Å²) in [4.78, 5) is 19.5. The quantitative estimate of drug-likeness (QED) is 0.209. The summed E-state index contributed by atoms with van der Waals surface area (Å²) in [5.41, 5.74) is 8.12. The predicted molar refractivity (Wildman–Crippen MR) is 180 cm³/mol. The molecule has 0 unspecified atom stereocenters. The largest absolute Gasteiger partial charge is 0.456 e. The zero-order valence-electron chi connectivity index (χ0n) is 24.1. The number of ether oxygens (including phenoxy) is 1. The monoisotopic (exact) mass is 576 g/mol. The molecule has 0 fully saturated rings. The molecule has 5 heteroatoms. The Kier molecular flexibility index (Phi) is 5.74. The number of para-hydroxylation sites is 1. The van der Waals surface area contributed by atoms with E-state index in [1.54, 1.807) is 0 Å². The Morgan fingerprint density at radius 3 is 1.82 bits per heavy atom. The van der Waals surface area contributed by atoms with Gasteiger partial charge in [0.2, 0.25) is 0 Å². The molecule has 0 amide bonds. The van der Waals surface area contributed by atoms with E-state index in [2.05, 4.69) is 54.6 Å². The fraction of sp³-hybridized carbons (Fsp3) is 0. The minimum atomic E-state index is 0.618. The summed E-state index contributed by atoms with van der Waals surface area (Å²) >= 11 is 0. The lowest BCUT2D eigenvalue weighted by atomic mass is 9.90. The fourth-order valence-electron chi connectivity index (χ4n) is 6.19. The summed E-state index contributed by atoms with van der Waals surface area (Å²) in [5, 5.41) is 3.26. The van der Waals surface area contributed by atoms with Crippen LogP contribution in [0.25, 0.3) is 78.1 Å². The zero-order chi connectivity index (χ0) is 29.7. The zero-order valence-corrected chi connectivity index (χ0v) is 24.1. The first-order chi connectivity index (χ1) is 22.3. The standard InChI is InChI=1S/C40H24N4O/c1-3-10-25(11-4-1)38-42-39(26-12-5-2-6-13-26)44-40(43-38)27-18-20-34-28(22-27)23-29(24-41-34)30-19-21-36-37-32(30)15-9-16-33(37)31-14-7-8-17-35(31)45-36/h1-24H. The summed E-state index contributed by atoms with van der Waals surface area (Å²) in [7, 11) is 0. The smallest absolute Gasteiger partial charge is 0.164 e. The molecule has 0 atom stereocenters. The molecule has 210 valence electrons. The van der Waals surface area contributed by atoms with Crippen LogP contribution >= 0.6 is 0 Å². The minimum absolute atomic E-state index is 0.618. The van der Waals surface area contributed by atoms with Gasteiger partial charge in [-0.25, -0.2) is 15.0 Å². The van der Waals surface area contributed by atoms with E-state index in [0.717, 1.165) is 66.6 Å². The maximum atomic E-state index is 6.32. The molecular weight excluding hydrogens is 552 g/mol. The van der Waals surface area contributed by atoms with Crippen molar-refractivity contribution >= 4 is 21.7 Å². The second-order valence-electron chi connectivity index (χ2n) is 11.1. The number of benzene rings is 6. The summed E-state index contributed by atoms with van der Waals surface area (Å²) < 4.78 is 6.32. The van der Waals surface area contributed by atoms with Crippen LogP contribution in [-0.2, 0) is 0 Å². The molecule has 0 spiro atoms. The maximum Gasteiger partial charge on any atom is 0.164 e. The lowest BCUT2D eigenvalue weighted by Gasteiger charge is -2.22. The topological polar surface area (TPSA) is 60.8 Å². The number of hydrogen-bond acceptors (Lipinski definition) is 5. The Hall–Kier alpha value is -6.20. The number of fused-ring (bicyclic) bond motifs is 3. The fourth-order valence-corrected chi connectivity index (χ4v) is 6.19. The van der Waals surface area contributed by atoms with Gasteiger partial charge < -0.3 is 4.74 Å². The van der Waals surface area contributed by atoms with Gasteiger partial charge in [-0.05, 0) is 59.0 Å². The van der Waals surface area contributed by atoms with Crippen LogP contribution in [0, 0.1) is 0 Å². The Bertz CT molecular complexity index is 2350. The molecule has 0 saturated carbocycles. The highest BCUT2D eigenvalue weighted by Gasteiger charge is 2.21. The van der Waals surface area contributed by atoms with E-state index in [9.17, 15) is 0 Å². The molecule has 0 saturated heterocycles. The van der Waals surface area contributed by atoms with E-state index in [4.69, 9.17) is 24.7 Å². The van der Waals surface area contributed by atoms with E-state index in [1.165, 1.54) is 5.56 Å². The maximum absolute atomic E-state index is 6.32. The number of aromatic nitrogens is 4. The highest BCUT2D eigenvalue weighted by atomic mass is 16.5. The Morgan fingerprint density at radius 2 is 1.07 bits per heavy atom. The second kappa shape index (κ2) is 10.2. The molecule has 9 rings (SSSR count). The molecular formula is C40H24N4O. The van der Waals surface area contributed by atoms with Crippen LogP contribution in [0.5, 0.6) is 11.5 Å². The van der Waals surface area contributed by atoms with Gasteiger partial charge >= 0.3 is 0 Å². The first kappa shape index (κ1) is 25.3. The van der Waals surface area contributed by atoms with Crippen LogP contribution in [-0.4, -0.2) is 19.9 Å². The normalized spacial score (nSPS) is 11.7. The lowest BCUT2D eigenvalue weighted by Crippen LogP contribution is -2.00. The number of nitrogens with zero attached hydrogens (tertiary/aromatic N) is 4. The molecule has 1 aliphatic rings. The average Bonchev–Trinajstić information content (AvgIpc) is 3.12. The molecule has 0 bridgehead atoms. The molecule has 0 aliphatic carbocycles. The van der Waals surface area contributed by atoms with Crippen molar-refractivity contribution in [3.63, 3.8) is 0 Å². The van der Waals surface area contributed by atoms with E-state index in [-0.39, 0.29) is 0 Å². The molecule has 3 heterocycles. The number of hydrogen-bond donors (Lipinski definition) is 0. The average molecular weight is 577 g/mol. The van der Waals surface area contributed by atoms with Crippen molar-refractivity contribution in [2.45, 2.75) is 0 Å². The van der Waals surface area contributed by atoms with Crippen LogP contribution in [0.1, 0.15) is 0 Å². The highest BCUT2D eigenvalue weighted by Crippen LogP contribution is 2.48. The second-order valence-corrected chi connectivity index (χ2v) is 11.1. The van der Waals surface area contributed by atoms with Gasteiger partial charge in [-0.15, -0.1) is 0 Å². The van der Waals surface area contributed by atoms with E-state index in [1.807, 2.05) is 91.1 Å². The van der Waals surface area contributed by atoms with Crippen molar-refractivity contribution in [1.82, 2.24) is 19.9 Å². The third kappa shape index (κ3) is 4.33. The molecule has 1 aliphatic heterocycles. The van der Waals surface area contributed by atoms with Crippen molar-refractivity contribution in [2.24, 2.45) is 0 Å². The highest BCUT2D eigenvalue weighted by molar-refractivity contribution is 6.10. The van der Waals surface area contributed by atoms with Gasteiger partial charge in [0.1, 0.15) is 11.5 Å². The van der Waals surface area contributed by atoms with Crippen molar-refractivity contribution in [3.8, 4) is 67.9 Å². The van der Waals surface area contributed by atoms with Crippen molar-refractivity contribution in [2.75, 3.05) is 0 Å². The van der Waals surface area contributed by atoms with Crippen LogP contribution < -0.4 is 4.74 Å². The van der Waals surface area contributed by atoms with E-state index < -0.39 is 0 Å². The number of rotatable bonds is 4. The van der Waals surface area contributed by atoms with Crippen LogP contribution in [0.3, 0.4) is 0 Å². The third-order valence-corrected chi connectivity index (χ3v) is 8.35. The molecule has 0 radical (unpaired) electrons. The van der Waals surface area contributed by atoms with Gasteiger partial charge in [-0.2, -0.15) is 0 Å². The third-order valence-electron chi connectivity index (χ3n) is 8.35. The first-order valence-corrected chi connectivity index (χ1v) is 14.9. The summed E-state index contributed by atoms with van der Waals surface area (Å²) in [6, 6.07) is 47.3. The molecule has 6 aromatic carbocycles. The summed E-state index contributed by atoms with van der Waals surface area (Å²) in [6.07, 6.45) is 1.95. The van der Waals surface area contributed by atoms with Crippen LogP contribution in [0.4, 0.5) is 0 Å². The van der Waals surface area contributed by atoms with E-state index >= 15 is 0 Å².